The molecule has 1 saturated heterocycles. The number of halogens is 3. The topological polar surface area (TPSA) is 71.3 Å². The first-order valence-corrected chi connectivity index (χ1v) is 9.23. The van der Waals surface area contributed by atoms with Crippen molar-refractivity contribution >= 4 is 5.91 Å². The Labute approximate surface area is 161 Å². The number of amides is 1. The summed E-state index contributed by atoms with van der Waals surface area (Å²) in [6, 6.07) is 4.76. The van der Waals surface area contributed by atoms with Crippen molar-refractivity contribution in [1.29, 1.82) is 0 Å². The van der Waals surface area contributed by atoms with Crippen molar-refractivity contribution in [2.75, 3.05) is 19.6 Å². The van der Waals surface area contributed by atoms with E-state index >= 15 is 0 Å². The molecule has 0 unspecified atom stereocenters. The lowest BCUT2D eigenvalue weighted by atomic mass is 9.96. The van der Waals surface area contributed by atoms with Crippen LogP contribution < -0.4 is 5.32 Å². The minimum absolute atomic E-state index is 0.0243. The second-order valence-corrected chi connectivity index (χ2v) is 7.13. The van der Waals surface area contributed by atoms with Gasteiger partial charge in [-0.2, -0.15) is 18.2 Å². The van der Waals surface area contributed by atoms with E-state index in [-0.39, 0.29) is 23.3 Å². The van der Waals surface area contributed by atoms with Gasteiger partial charge in [-0.15, -0.1) is 0 Å². The molecule has 6 nitrogen and oxygen atoms in total. The average Bonchev–Trinajstić information content (AvgIpc) is 3.16. The van der Waals surface area contributed by atoms with E-state index in [0.717, 1.165) is 38.1 Å². The van der Waals surface area contributed by atoms with Crippen LogP contribution >= 0.6 is 0 Å². The highest BCUT2D eigenvalue weighted by atomic mass is 19.4. The maximum absolute atomic E-state index is 12.9. The number of carbonyl (C=O) groups is 1. The van der Waals surface area contributed by atoms with Gasteiger partial charge in [0.05, 0.1) is 11.6 Å². The van der Waals surface area contributed by atoms with Crippen LogP contribution in [-0.2, 0) is 11.0 Å². The Morgan fingerprint density at radius 2 is 2.07 bits per heavy atom. The highest BCUT2D eigenvalue weighted by Crippen LogP contribution is 2.32. The maximum Gasteiger partial charge on any atom is 0.416 e. The number of piperidine rings is 1. The van der Waals surface area contributed by atoms with Gasteiger partial charge in [0.15, 0.2) is 0 Å². The van der Waals surface area contributed by atoms with Crippen molar-refractivity contribution in [2.45, 2.75) is 38.9 Å². The fourth-order valence-electron chi connectivity index (χ4n) is 3.35. The molecule has 9 heteroatoms. The lowest BCUT2D eigenvalue weighted by Gasteiger charge is -2.34. The Morgan fingerprint density at radius 1 is 1.36 bits per heavy atom. The molecule has 0 spiro atoms. The molecular weight excluding hydrogens is 373 g/mol. The molecule has 0 aliphatic carbocycles. The molecule has 1 aliphatic rings. The van der Waals surface area contributed by atoms with E-state index < -0.39 is 11.7 Å². The van der Waals surface area contributed by atoms with Gasteiger partial charge >= 0.3 is 6.18 Å². The van der Waals surface area contributed by atoms with Crippen molar-refractivity contribution in [2.24, 2.45) is 5.92 Å². The van der Waals surface area contributed by atoms with Crippen LogP contribution in [0.25, 0.3) is 11.4 Å². The Kier molecular flexibility index (Phi) is 6.02. The predicted octanol–water partition coefficient (Wildman–Crippen LogP) is 3.66. The number of carbonyl (C=O) groups excluding carboxylic acids is 1. The lowest BCUT2D eigenvalue weighted by Crippen LogP contribution is -2.39. The molecule has 0 saturated carbocycles. The molecule has 1 atom stereocenters. The Bertz CT molecular complexity index is 814. The van der Waals surface area contributed by atoms with Crippen LogP contribution in [-0.4, -0.2) is 40.6 Å². The highest BCUT2D eigenvalue weighted by molar-refractivity contribution is 5.72. The maximum atomic E-state index is 12.9. The summed E-state index contributed by atoms with van der Waals surface area (Å²) in [5.74, 6) is 0.945. The van der Waals surface area contributed by atoms with E-state index in [9.17, 15) is 18.0 Å². The average molecular weight is 396 g/mol. The number of aromatic nitrogens is 2. The van der Waals surface area contributed by atoms with Gasteiger partial charge in [-0.25, -0.2) is 0 Å². The zero-order valence-electron chi connectivity index (χ0n) is 15.8. The van der Waals surface area contributed by atoms with E-state index in [0.29, 0.717) is 18.4 Å². The smallest absolute Gasteiger partial charge is 0.356 e. The van der Waals surface area contributed by atoms with Crippen LogP contribution in [0.3, 0.4) is 0 Å². The van der Waals surface area contributed by atoms with Gasteiger partial charge in [-0.05, 0) is 50.9 Å². The lowest BCUT2D eigenvalue weighted by molar-refractivity contribution is -0.137. The largest absolute Gasteiger partial charge is 0.416 e. The molecule has 0 bridgehead atoms. The number of hydrogen-bond acceptors (Lipinski definition) is 5. The third-order valence-electron chi connectivity index (χ3n) is 5.08. The van der Waals surface area contributed by atoms with Crippen LogP contribution in [0.5, 0.6) is 0 Å². The van der Waals surface area contributed by atoms with E-state index in [1.807, 2.05) is 6.92 Å². The number of rotatable bonds is 5. The number of nitrogens with zero attached hydrogens (tertiary/aromatic N) is 3. The first-order chi connectivity index (χ1) is 13.2. The Morgan fingerprint density at radius 3 is 2.71 bits per heavy atom. The molecule has 1 aromatic carbocycles. The number of alkyl halides is 3. The minimum Gasteiger partial charge on any atom is -0.356 e. The molecular formula is C19H23F3N4O2. The summed E-state index contributed by atoms with van der Waals surface area (Å²) in [7, 11) is 0. The summed E-state index contributed by atoms with van der Waals surface area (Å²) in [5, 5.41) is 6.71. The molecule has 0 radical (unpaired) electrons. The molecule has 1 amide bonds. The van der Waals surface area contributed by atoms with Crippen LogP contribution in [0.15, 0.2) is 28.8 Å². The second kappa shape index (κ2) is 8.30. The number of likely N-dealkylation sites (tertiary alicyclic amines) is 1. The molecule has 28 heavy (non-hydrogen) atoms. The molecule has 1 aliphatic heterocycles. The third kappa shape index (κ3) is 4.89. The molecule has 1 aromatic heterocycles. The van der Waals surface area contributed by atoms with E-state index in [1.165, 1.54) is 19.1 Å². The van der Waals surface area contributed by atoms with Crippen LogP contribution in [0.1, 0.15) is 44.2 Å². The summed E-state index contributed by atoms with van der Waals surface area (Å²) in [4.78, 5) is 17.5. The van der Waals surface area contributed by atoms with Crippen molar-refractivity contribution in [1.82, 2.24) is 20.4 Å². The SMILES string of the molecule is CC(=O)NCC1CCN([C@@H](C)c2nc(-c3cccc(C(F)(F)F)c3)no2)CC1. The van der Waals surface area contributed by atoms with Crippen LogP contribution in [0, 0.1) is 5.92 Å². The van der Waals surface area contributed by atoms with Crippen LogP contribution in [0.4, 0.5) is 13.2 Å². The third-order valence-corrected chi connectivity index (χ3v) is 5.08. The van der Waals surface area contributed by atoms with Crippen molar-refractivity contribution in [3.63, 3.8) is 0 Å². The molecule has 1 N–H and O–H groups in total. The molecule has 2 heterocycles. The monoisotopic (exact) mass is 396 g/mol. The number of benzene rings is 1. The van der Waals surface area contributed by atoms with Gasteiger partial charge < -0.3 is 9.84 Å². The second-order valence-electron chi connectivity index (χ2n) is 7.13. The Hall–Kier alpha value is -2.42. The first kappa shape index (κ1) is 20.3. The van der Waals surface area contributed by atoms with Crippen molar-refractivity contribution in [3.05, 3.63) is 35.7 Å². The Balaban J connectivity index is 1.64. The minimum atomic E-state index is -4.42. The van der Waals surface area contributed by atoms with Gasteiger partial charge in [0.2, 0.25) is 17.6 Å². The molecule has 152 valence electrons. The zero-order valence-corrected chi connectivity index (χ0v) is 15.8. The quantitative estimate of drug-likeness (QED) is 0.835. The summed E-state index contributed by atoms with van der Waals surface area (Å²) in [5.41, 5.74) is -0.475. The molecule has 2 aromatic rings. The van der Waals surface area contributed by atoms with Crippen LogP contribution in [0.2, 0.25) is 0 Å². The van der Waals surface area contributed by atoms with Gasteiger partial charge in [0.25, 0.3) is 0 Å². The number of nitrogens with one attached hydrogen (secondary N) is 1. The van der Waals surface area contributed by atoms with E-state index in [1.54, 1.807) is 0 Å². The number of hydrogen-bond donors (Lipinski definition) is 1. The molecule has 3 rings (SSSR count). The summed E-state index contributed by atoms with van der Waals surface area (Å²) >= 11 is 0. The van der Waals surface area contributed by atoms with E-state index in [2.05, 4.69) is 20.4 Å². The molecule has 1 fully saturated rings. The zero-order chi connectivity index (χ0) is 20.3. The summed E-state index contributed by atoms with van der Waals surface area (Å²) in [6.07, 6.45) is -2.53. The van der Waals surface area contributed by atoms with Gasteiger partial charge in [0, 0.05) is 19.0 Å². The van der Waals surface area contributed by atoms with Crippen molar-refractivity contribution < 1.29 is 22.5 Å². The summed E-state index contributed by atoms with van der Waals surface area (Å²) in [6.45, 7) is 5.78. The van der Waals surface area contributed by atoms with Gasteiger partial charge in [0.1, 0.15) is 0 Å². The highest BCUT2D eigenvalue weighted by Gasteiger charge is 2.31. The predicted molar refractivity (Wildman–Crippen MR) is 96.1 cm³/mol. The fraction of sp³-hybridized carbons (Fsp3) is 0.526. The van der Waals surface area contributed by atoms with Crippen molar-refractivity contribution in [3.8, 4) is 11.4 Å². The standard InChI is InChI=1S/C19H23F3N4O2/c1-12(26-8-6-14(7-9-26)11-23-13(2)27)18-24-17(25-28-18)15-4-3-5-16(10-15)19(20,21)22/h3-5,10,12,14H,6-9,11H2,1-2H3,(H,23,27)/t12-/m0/s1. The normalized spacial score (nSPS) is 17.5. The van der Waals surface area contributed by atoms with Gasteiger partial charge in [-0.3, -0.25) is 9.69 Å². The first-order valence-electron chi connectivity index (χ1n) is 9.23. The van der Waals surface area contributed by atoms with Gasteiger partial charge in [-0.1, -0.05) is 17.3 Å². The fourth-order valence-corrected chi connectivity index (χ4v) is 3.35. The summed E-state index contributed by atoms with van der Waals surface area (Å²) < 4.78 is 44.0. The van der Waals surface area contributed by atoms with E-state index in [4.69, 9.17) is 4.52 Å².